The second kappa shape index (κ2) is 17.1. The van der Waals surface area contributed by atoms with Crippen LogP contribution < -0.4 is 29.6 Å². The Morgan fingerprint density at radius 2 is 1.49 bits per heavy atom. The predicted octanol–water partition coefficient (Wildman–Crippen LogP) is 3.43. The van der Waals surface area contributed by atoms with Crippen LogP contribution in [-0.4, -0.2) is 53.9 Å². The molecule has 0 spiro atoms. The minimum Gasteiger partial charge on any atom is -0.870 e. The van der Waals surface area contributed by atoms with E-state index in [1.807, 2.05) is 33.8 Å². The summed E-state index contributed by atoms with van der Waals surface area (Å²) in [5.41, 5.74) is 2.44. The fourth-order valence-electron chi connectivity index (χ4n) is 4.38. The van der Waals surface area contributed by atoms with Gasteiger partial charge in [0.25, 0.3) is 0 Å². The van der Waals surface area contributed by atoms with E-state index in [0.717, 1.165) is 29.6 Å². The molecule has 0 heterocycles. The van der Waals surface area contributed by atoms with Gasteiger partial charge in [-0.2, -0.15) is 0 Å². The van der Waals surface area contributed by atoms with Crippen LogP contribution in [0.3, 0.4) is 0 Å². The van der Waals surface area contributed by atoms with Crippen LogP contribution in [0.4, 0.5) is 0 Å². The Labute approximate surface area is 273 Å². The Kier molecular flexibility index (Phi) is 17.9. The van der Waals surface area contributed by atoms with Crippen LogP contribution in [0, 0.1) is 17.8 Å². The molecule has 0 aliphatic heterocycles. The third kappa shape index (κ3) is 11.5. The van der Waals surface area contributed by atoms with E-state index in [0.29, 0.717) is 30.1 Å². The molecule has 0 amide bonds. The van der Waals surface area contributed by atoms with Gasteiger partial charge in [0.1, 0.15) is 11.6 Å². The van der Waals surface area contributed by atoms with Crippen molar-refractivity contribution in [2.45, 2.75) is 101 Å². The standard InChI is InChI=1S/C10H14Br2O.C10H16O3.C10H14O.Na.H2O/c1-6(2)10(12)4-8(11)7(3)9(13)5-10;1-6(2)10(13)4-8(11)7(3)9(12)5-10;1-7(2)9-5-4-8(3)10(11)6-9;;/h7-8H,1,4-5H2,2-3H3;7-8,11,13H,1,4-5H2,2-3H3;4,9H,1,5-6H2,2-3H3;;1H2/q;;;+1;/p-1. The molecule has 39 heavy (non-hydrogen) atoms. The number of ketones is 3. The van der Waals surface area contributed by atoms with Gasteiger partial charge in [-0.1, -0.05) is 82.7 Å². The molecule has 0 saturated heterocycles. The molecule has 3 aliphatic rings. The smallest absolute Gasteiger partial charge is 0.870 e. The number of aliphatic hydroxyl groups is 2. The van der Waals surface area contributed by atoms with Gasteiger partial charge in [-0.05, 0) is 57.6 Å². The molecule has 0 aromatic heterocycles. The van der Waals surface area contributed by atoms with Gasteiger partial charge in [0.05, 0.1) is 16.0 Å². The van der Waals surface area contributed by atoms with Gasteiger partial charge in [0.2, 0.25) is 0 Å². The molecule has 0 bridgehead atoms. The Morgan fingerprint density at radius 3 is 1.87 bits per heavy atom. The molecule has 216 valence electrons. The molecule has 0 aromatic carbocycles. The molecule has 7 unspecified atom stereocenters. The number of carbonyl (C=O) groups is 3. The average Bonchev–Trinajstić information content (AvgIpc) is 2.78. The Morgan fingerprint density at radius 1 is 0.974 bits per heavy atom. The minimum absolute atomic E-state index is 0. The third-order valence-electron chi connectivity index (χ3n) is 7.96. The van der Waals surface area contributed by atoms with Crippen LogP contribution in [0.15, 0.2) is 48.1 Å². The first-order valence-electron chi connectivity index (χ1n) is 12.8. The average molecular weight is 684 g/mol. The zero-order valence-corrected chi connectivity index (χ0v) is 29.8. The Bertz CT molecular complexity index is 924. The maximum Gasteiger partial charge on any atom is 1.00 e. The molecule has 3 aliphatic carbocycles. The van der Waals surface area contributed by atoms with E-state index in [4.69, 9.17) is 0 Å². The van der Waals surface area contributed by atoms with Crippen molar-refractivity contribution in [2.75, 3.05) is 0 Å². The van der Waals surface area contributed by atoms with Crippen molar-refractivity contribution < 1.29 is 59.6 Å². The molecule has 0 aromatic rings. The van der Waals surface area contributed by atoms with Crippen molar-refractivity contribution in [3.05, 3.63) is 48.1 Å². The Balaban J connectivity index is 0. The van der Waals surface area contributed by atoms with Crippen LogP contribution in [0.2, 0.25) is 0 Å². The maximum atomic E-state index is 11.6. The number of carbonyl (C=O) groups excluding carboxylic acids is 3. The first kappa shape index (κ1) is 40.9. The molecule has 2 saturated carbocycles. The summed E-state index contributed by atoms with van der Waals surface area (Å²) in [5.74, 6) is 0.664. The van der Waals surface area contributed by atoms with Gasteiger partial charge in [0.15, 0.2) is 5.78 Å². The van der Waals surface area contributed by atoms with Gasteiger partial charge in [-0.15, -0.1) is 0 Å². The van der Waals surface area contributed by atoms with Crippen molar-refractivity contribution in [1.29, 1.82) is 0 Å². The first-order chi connectivity index (χ1) is 16.8. The monoisotopic (exact) mass is 682 g/mol. The maximum absolute atomic E-state index is 11.6. The van der Waals surface area contributed by atoms with Crippen molar-refractivity contribution >= 4 is 49.2 Å². The molecular weight excluding hydrogens is 639 g/mol. The van der Waals surface area contributed by atoms with E-state index in [1.54, 1.807) is 13.8 Å². The number of hydrogen-bond acceptors (Lipinski definition) is 6. The topological polar surface area (TPSA) is 122 Å². The molecule has 7 atom stereocenters. The number of aliphatic hydroxyl groups excluding tert-OH is 1. The summed E-state index contributed by atoms with van der Waals surface area (Å²) in [5, 5.41) is 19.4. The molecule has 0 radical (unpaired) electrons. The van der Waals surface area contributed by atoms with E-state index in [9.17, 15) is 24.6 Å². The number of halogens is 2. The first-order valence-corrected chi connectivity index (χ1v) is 14.5. The van der Waals surface area contributed by atoms with Gasteiger partial charge in [-0.3, -0.25) is 14.4 Å². The number of alkyl halides is 2. The predicted molar refractivity (Wildman–Crippen MR) is 160 cm³/mol. The quantitative estimate of drug-likeness (QED) is 0.267. The molecule has 3 N–H and O–H groups in total. The zero-order chi connectivity index (χ0) is 28.9. The molecular formula is C30H45Br2NaO6. The molecule has 9 heteroatoms. The van der Waals surface area contributed by atoms with Crippen LogP contribution in [-0.2, 0) is 14.4 Å². The summed E-state index contributed by atoms with van der Waals surface area (Å²) >= 11 is 7.16. The number of Topliss-reactive ketones (excluding diaryl/α,β-unsaturated/α-hetero) is 3. The van der Waals surface area contributed by atoms with Gasteiger partial charge in [0, 0.05) is 42.3 Å². The molecule has 2 fully saturated rings. The van der Waals surface area contributed by atoms with Gasteiger partial charge >= 0.3 is 29.6 Å². The van der Waals surface area contributed by atoms with Gasteiger partial charge < -0.3 is 15.7 Å². The summed E-state index contributed by atoms with van der Waals surface area (Å²) in [6, 6.07) is 0. The zero-order valence-electron chi connectivity index (χ0n) is 24.7. The van der Waals surface area contributed by atoms with Crippen LogP contribution in [0.5, 0.6) is 0 Å². The van der Waals surface area contributed by atoms with Crippen LogP contribution >= 0.6 is 31.9 Å². The normalized spacial score (nSPS) is 33.9. The van der Waals surface area contributed by atoms with Crippen LogP contribution in [0.25, 0.3) is 0 Å². The summed E-state index contributed by atoms with van der Waals surface area (Å²) in [7, 11) is 0. The third-order valence-corrected chi connectivity index (χ3v) is 10.4. The van der Waals surface area contributed by atoms with E-state index in [2.05, 4.69) is 51.6 Å². The van der Waals surface area contributed by atoms with Crippen molar-refractivity contribution in [3.63, 3.8) is 0 Å². The number of rotatable bonds is 3. The summed E-state index contributed by atoms with van der Waals surface area (Å²) in [6.45, 7) is 22.6. The van der Waals surface area contributed by atoms with E-state index >= 15 is 0 Å². The summed E-state index contributed by atoms with van der Waals surface area (Å²) in [4.78, 5) is 34.5. The number of hydrogen-bond donors (Lipinski definition) is 2. The fraction of sp³-hybridized carbons (Fsp3) is 0.633. The molecule has 3 rings (SSSR count). The second-order valence-electron chi connectivity index (χ2n) is 11.2. The SMILES string of the molecule is C=C(C)C1(Br)CC(=O)C(C)C(Br)C1.C=C(C)C1(O)CC(=O)C(C)C(O)C1.C=C(C)C1CC=C(C)C(=O)C1.[Na+].[OH-]. The van der Waals surface area contributed by atoms with Crippen molar-refractivity contribution in [3.8, 4) is 0 Å². The van der Waals surface area contributed by atoms with Crippen molar-refractivity contribution in [1.82, 2.24) is 0 Å². The molecule has 6 nitrogen and oxygen atoms in total. The van der Waals surface area contributed by atoms with E-state index < -0.39 is 11.7 Å². The Hall–Kier alpha value is -0.190. The summed E-state index contributed by atoms with van der Waals surface area (Å²) in [6.07, 6.45) is 4.75. The van der Waals surface area contributed by atoms with E-state index in [-0.39, 0.29) is 80.4 Å². The van der Waals surface area contributed by atoms with E-state index in [1.165, 1.54) is 0 Å². The number of allylic oxidation sites excluding steroid dienone is 4. The fourth-order valence-corrected chi connectivity index (χ4v) is 6.29. The van der Waals surface area contributed by atoms with Crippen LogP contribution in [0.1, 0.15) is 80.1 Å². The second-order valence-corrected chi connectivity index (χ2v) is 13.9. The minimum atomic E-state index is -1.19. The summed E-state index contributed by atoms with van der Waals surface area (Å²) < 4.78 is -0.176. The largest absolute Gasteiger partial charge is 1.00 e. The van der Waals surface area contributed by atoms with Gasteiger partial charge in [-0.25, -0.2) is 0 Å². The van der Waals surface area contributed by atoms with Crippen molar-refractivity contribution in [2.24, 2.45) is 17.8 Å².